The molecule has 0 fully saturated rings. The number of nitrogens with two attached hydrogens (primary N) is 1. The second-order valence-electron chi connectivity index (χ2n) is 3.99. The molecule has 0 aliphatic rings. The Morgan fingerprint density at radius 2 is 2.40 bits per heavy atom. The first-order valence-electron chi connectivity index (χ1n) is 5.19. The van der Waals surface area contributed by atoms with E-state index in [4.69, 9.17) is 5.73 Å². The predicted octanol–water partition coefficient (Wildman–Crippen LogP) is 0.958. The lowest BCUT2D eigenvalue weighted by atomic mass is 10.1. The zero-order valence-electron chi connectivity index (χ0n) is 9.36. The van der Waals surface area contributed by atoms with Crippen LogP contribution in [0.3, 0.4) is 0 Å². The molecular weight excluding hydrogens is 190 g/mol. The molecule has 3 N–H and O–H groups in total. The lowest BCUT2D eigenvalue weighted by Gasteiger charge is -2.18. The van der Waals surface area contributed by atoms with Crippen molar-refractivity contribution in [1.82, 2.24) is 9.88 Å². The van der Waals surface area contributed by atoms with Gasteiger partial charge in [-0.1, -0.05) is 6.92 Å². The van der Waals surface area contributed by atoms with Crippen LogP contribution in [0, 0.1) is 5.92 Å². The number of nitrogens with one attached hydrogen (secondary N) is 1. The van der Waals surface area contributed by atoms with Crippen LogP contribution >= 0.6 is 0 Å². The van der Waals surface area contributed by atoms with E-state index in [1.54, 1.807) is 4.90 Å². The van der Waals surface area contributed by atoms with Crippen molar-refractivity contribution in [2.45, 2.75) is 19.9 Å². The molecule has 0 aromatic carbocycles. The number of carbonyl (C=O) groups is 1. The van der Waals surface area contributed by atoms with Gasteiger partial charge in [0.25, 0.3) is 0 Å². The molecule has 0 saturated carbocycles. The summed E-state index contributed by atoms with van der Waals surface area (Å²) in [5.74, 6) is 0.395. The molecule has 4 heteroatoms. The van der Waals surface area contributed by atoms with E-state index in [1.807, 2.05) is 32.3 Å². The maximum Gasteiger partial charge on any atom is 0.222 e. The molecule has 84 valence electrons. The van der Waals surface area contributed by atoms with E-state index >= 15 is 0 Å². The molecule has 0 saturated heterocycles. The molecule has 1 aromatic heterocycles. The highest BCUT2D eigenvalue weighted by Gasteiger charge is 2.12. The molecule has 1 aromatic rings. The molecule has 1 heterocycles. The SMILES string of the molecule is CC(CN)CC(=O)N(C)Cc1ccc[nH]1. The Kier molecular flexibility index (Phi) is 4.37. The summed E-state index contributed by atoms with van der Waals surface area (Å²) in [6, 6.07) is 3.90. The lowest BCUT2D eigenvalue weighted by Crippen LogP contribution is -2.29. The Hall–Kier alpha value is -1.29. The number of hydrogen-bond donors (Lipinski definition) is 2. The van der Waals surface area contributed by atoms with E-state index in [0.29, 0.717) is 19.5 Å². The van der Waals surface area contributed by atoms with Crippen LogP contribution in [0.5, 0.6) is 0 Å². The molecule has 4 nitrogen and oxygen atoms in total. The number of nitrogens with zero attached hydrogens (tertiary/aromatic N) is 1. The van der Waals surface area contributed by atoms with Crippen LogP contribution in [0.1, 0.15) is 19.0 Å². The van der Waals surface area contributed by atoms with Gasteiger partial charge in [0, 0.05) is 25.4 Å². The Morgan fingerprint density at radius 1 is 1.67 bits per heavy atom. The predicted molar refractivity (Wildman–Crippen MR) is 60.1 cm³/mol. The Bertz CT molecular complexity index is 295. The first-order valence-corrected chi connectivity index (χ1v) is 5.19. The Morgan fingerprint density at radius 3 is 2.93 bits per heavy atom. The van der Waals surface area contributed by atoms with Crippen LogP contribution in [0.15, 0.2) is 18.3 Å². The zero-order chi connectivity index (χ0) is 11.3. The van der Waals surface area contributed by atoms with Crippen molar-refractivity contribution in [2.75, 3.05) is 13.6 Å². The first-order chi connectivity index (χ1) is 7.13. The van der Waals surface area contributed by atoms with E-state index in [1.165, 1.54) is 0 Å². The highest BCUT2D eigenvalue weighted by molar-refractivity contribution is 5.76. The van der Waals surface area contributed by atoms with E-state index < -0.39 is 0 Å². The van der Waals surface area contributed by atoms with Crippen LogP contribution in [0.2, 0.25) is 0 Å². The van der Waals surface area contributed by atoms with Gasteiger partial charge in [-0.15, -0.1) is 0 Å². The Balaban J connectivity index is 2.40. The minimum absolute atomic E-state index is 0.141. The van der Waals surface area contributed by atoms with E-state index in [0.717, 1.165) is 5.69 Å². The molecular formula is C11H19N3O. The fourth-order valence-corrected chi connectivity index (χ4v) is 1.35. The average Bonchev–Trinajstić information content (AvgIpc) is 2.70. The van der Waals surface area contributed by atoms with Crippen LogP contribution in [0.4, 0.5) is 0 Å². The van der Waals surface area contributed by atoms with E-state index in [-0.39, 0.29) is 11.8 Å². The minimum atomic E-state index is 0.141. The summed E-state index contributed by atoms with van der Waals surface area (Å²) in [7, 11) is 1.81. The zero-order valence-corrected chi connectivity index (χ0v) is 9.36. The Labute approximate surface area is 90.5 Å². The molecule has 0 bridgehead atoms. The highest BCUT2D eigenvalue weighted by Crippen LogP contribution is 2.05. The summed E-state index contributed by atoms with van der Waals surface area (Å²) in [6.07, 6.45) is 2.38. The third-order valence-electron chi connectivity index (χ3n) is 2.42. The second kappa shape index (κ2) is 5.56. The van der Waals surface area contributed by atoms with Gasteiger partial charge in [0.1, 0.15) is 0 Å². The molecule has 1 amide bonds. The van der Waals surface area contributed by atoms with Crippen LogP contribution in [-0.4, -0.2) is 29.4 Å². The molecule has 0 spiro atoms. The molecule has 1 rings (SSSR count). The number of hydrogen-bond acceptors (Lipinski definition) is 2. The van der Waals surface area contributed by atoms with Crippen molar-refractivity contribution in [1.29, 1.82) is 0 Å². The van der Waals surface area contributed by atoms with Crippen molar-refractivity contribution in [3.63, 3.8) is 0 Å². The maximum atomic E-state index is 11.7. The number of H-pyrrole nitrogens is 1. The summed E-state index contributed by atoms with van der Waals surface area (Å²) in [5.41, 5.74) is 6.53. The van der Waals surface area contributed by atoms with Gasteiger partial charge in [-0.2, -0.15) is 0 Å². The number of aromatic nitrogens is 1. The number of rotatable bonds is 5. The summed E-state index contributed by atoms with van der Waals surface area (Å²) >= 11 is 0. The smallest absolute Gasteiger partial charge is 0.222 e. The largest absolute Gasteiger partial charge is 0.364 e. The quantitative estimate of drug-likeness (QED) is 0.758. The van der Waals surface area contributed by atoms with Crippen LogP contribution < -0.4 is 5.73 Å². The summed E-state index contributed by atoms with van der Waals surface area (Å²) in [4.78, 5) is 16.5. The summed E-state index contributed by atoms with van der Waals surface area (Å²) < 4.78 is 0. The van der Waals surface area contributed by atoms with Crippen molar-refractivity contribution in [3.8, 4) is 0 Å². The molecule has 15 heavy (non-hydrogen) atoms. The average molecular weight is 209 g/mol. The van der Waals surface area contributed by atoms with Gasteiger partial charge in [0.05, 0.1) is 6.54 Å². The fraction of sp³-hybridized carbons (Fsp3) is 0.545. The second-order valence-corrected chi connectivity index (χ2v) is 3.99. The fourth-order valence-electron chi connectivity index (χ4n) is 1.35. The molecule has 1 unspecified atom stereocenters. The normalized spacial score (nSPS) is 12.5. The lowest BCUT2D eigenvalue weighted by molar-refractivity contribution is -0.131. The summed E-state index contributed by atoms with van der Waals surface area (Å²) in [5, 5.41) is 0. The van der Waals surface area contributed by atoms with Crippen LogP contribution in [0.25, 0.3) is 0 Å². The third kappa shape index (κ3) is 3.75. The molecule has 0 radical (unpaired) electrons. The van der Waals surface area contributed by atoms with Gasteiger partial charge in [-0.25, -0.2) is 0 Å². The third-order valence-corrected chi connectivity index (χ3v) is 2.42. The van der Waals surface area contributed by atoms with Crippen LogP contribution in [-0.2, 0) is 11.3 Å². The topological polar surface area (TPSA) is 62.1 Å². The number of amides is 1. The maximum absolute atomic E-state index is 11.7. The number of aromatic amines is 1. The van der Waals surface area contributed by atoms with E-state index in [2.05, 4.69) is 4.98 Å². The van der Waals surface area contributed by atoms with Crippen molar-refractivity contribution in [2.24, 2.45) is 11.7 Å². The highest BCUT2D eigenvalue weighted by atomic mass is 16.2. The monoisotopic (exact) mass is 209 g/mol. The van der Waals surface area contributed by atoms with E-state index in [9.17, 15) is 4.79 Å². The van der Waals surface area contributed by atoms with Gasteiger partial charge in [0.15, 0.2) is 0 Å². The molecule has 1 atom stereocenters. The standard InChI is InChI=1S/C11H19N3O/c1-9(7-12)6-11(15)14(2)8-10-4-3-5-13-10/h3-5,9,13H,6-8,12H2,1-2H3. The molecule has 0 aliphatic heterocycles. The summed E-state index contributed by atoms with van der Waals surface area (Å²) in [6.45, 7) is 3.17. The molecule has 0 aliphatic carbocycles. The van der Waals surface area contributed by atoms with Crippen molar-refractivity contribution in [3.05, 3.63) is 24.0 Å². The number of carbonyl (C=O) groups excluding carboxylic acids is 1. The van der Waals surface area contributed by atoms with Gasteiger partial charge < -0.3 is 15.6 Å². The van der Waals surface area contributed by atoms with Gasteiger partial charge in [0.2, 0.25) is 5.91 Å². The minimum Gasteiger partial charge on any atom is -0.364 e. The van der Waals surface area contributed by atoms with Crippen molar-refractivity contribution < 1.29 is 4.79 Å². The van der Waals surface area contributed by atoms with Gasteiger partial charge in [-0.3, -0.25) is 4.79 Å². The van der Waals surface area contributed by atoms with Gasteiger partial charge >= 0.3 is 0 Å². The first kappa shape index (κ1) is 11.8. The van der Waals surface area contributed by atoms with Crippen molar-refractivity contribution >= 4 is 5.91 Å². The van der Waals surface area contributed by atoms with Gasteiger partial charge in [-0.05, 0) is 24.6 Å².